The highest BCUT2D eigenvalue weighted by molar-refractivity contribution is 6.12. The zero-order valence-corrected chi connectivity index (χ0v) is 11.9. The first-order valence-electron chi connectivity index (χ1n) is 6.81. The number of benzene rings is 2. The van der Waals surface area contributed by atoms with E-state index in [0.717, 1.165) is 11.1 Å². The van der Waals surface area contributed by atoms with Crippen molar-refractivity contribution in [3.63, 3.8) is 0 Å². The third-order valence-electron chi connectivity index (χ3n) is 4.21. The van der Waals surface area contributed by atoms with Crippen LogP contribution in [0.25, 0.3) is 0 Å². The van der Waals surface area contributed by atoms with E-state index in [-0.39, 0.29) is 10.7 Å². The lowest BCUT2D eigenvalue weighted by molar-refractivity contribution is -0.563. The largest absolute Gasteiger partial charge is 0.289 e. The van der Waals surface area contributed by atoms with Gasteiger partial charge in [0.05, 0.1) is 5.92 Å². The van der Waals surface area contributed by atoms with Gasteiger partial charge in [0, 0.05) is 29.9 Å². The van der Waals surface area contributed by atoms with Crippen molar-refractivity contribution < 1.29 is 9.72 Å². The van der Waals surface area contributed by atoms with E-state index in [1.807, 2.05) is 24.3 Å². The van der Waals surface area contributed by atoms with Crippen molar-refractivity contribution in [1.29, 1.82) is 0 Å². The number of ketones is 1. The van der Waals surface area contributed by atoms with Crippen LogP contribution in [0.2, 0.25) is 0 Å². The summed E-state index contributed by atoms with van der Waals surface area (Å²) >= 11 is 0. The van der Waals surface area contributed by atoms with Crippen molar-refractivity contribution in [2.45, 2.75) is 25.3 Å². The van der Waals surface area contributed by atoms with Gasteiger partial charge < -0.3 is 0 Å². The summed E-state index contributed by atoms with van der Waals surface area (Å²) in [6.45, 7) is 3.22. The first-order chi connectivity index (χ1) is 9.94. The van der Waals surface area contributed by atoms with Crippen LogP contribution in [0.1, 0.15) is 46.8 Å². The van der Waals surface area contributed by atoms with E-state index in [0.29, 0.717) is 11.1 Å². The maximum absolute atomic E-state index is 12.6. The Morgan fingerprint density at radius 1 is 0.952 bits per heavy atom. The molecule has 1 aliphatic carbocycles. The van der Waals surface area contributed by atoms with Gasteiger partial charge in [0.25, 0.3) is 0 Å². The molecular formula is C17H15NO3. The monoisotopic (exact) mass is 281 g/mol. The SMILES string of the molecule is CC(C)(C1c2ccccc2C(=O)c2ccccc21)[N+](=O)[O-]. The average molecular weight is 281 g/mol. The fourth-order valence-electron chi connectivity index (χ4n) is 3.09. The third-order valence-corrected chi connectivity index (χ3v) is 4.21. The standard InChI is InChI=1S/C17H15NO3/c1-17(2,18(20)21)15-11-7-3-5-9-13(11)16(19)14-10-6-4-8-12(14)15/h3-10,15H,1-2H3. The Bertz CT molecular complexity index is 700. The molecule has 21 heavy (non-hydrogen) atoms. The maximum Gasteiger partial charge on any atom is 0.227 e. The van der Waals surface area contributed by atoms with Crippen LogP contribution in [-0.4, -0.2) is 16.2 Å². The van der Waals surface area contributed by atoms with Crippen LogP contribution in [-0.2, 0) is 0 Å². The summed E-state index contributed by atoms with van der Waals surface area (Å²) in [6.07, 6.45) is 0. The summed E-state index contributed by atoms with van der Waals surface area (Å²) in [5.74, 6) is -0.491. The summed E-state index contributed by atoms with van der Waals surface area (Å²) in [7, 11) is 0. The van der Waals surface area contributed by atoms with E-state index in [1.54, 1.807) is 38.1 Å². The molecule has 3 rings (SSSR count). The van der Waals surface area contributed by atoms with Gasteiger partial charge in [-0.25, -0.2) is 0 Å². The molecule has 0 N–H and O–H groups in total. The van der Waals surface area contributed by atoms with Crippen LogP contribution >= 0.6 is 0 Å². The van der Waals surface area contributed by atoms with Gasteiger partial charge >= 0.3 is 0 Å². The molecule has 0 heterocycles. The molecule has 0 saturated carbocycles. The number of rotatable bonds is 2. The number of nitro groups is 1. The zero-order chi connectivity index (χ0) is 15.2. The van der Waals surface area contributed by atoms with Crippen LogP contribution < -0.4 is 0 Å². The Kier molecular flexibility index (Phi) is 2.90. The van der Waals surface area contributed by atoms with Gasteiger partial charge in [0.2, 0.25) is 5.54 Å². The van der Waals surface area contributed by atoms with Crippen molar-refractivity contribution in [2.24, 2.45) is 0 Å². The number of fused-ring (bicyclic) bond motifs is 2. The van der Waals surface area contributed by atoms with Crippen molar-refractivity contribution in [3.8, 4) is 0 Å². The predicted octanol–water partition coefficient (Wildman–Crippen LogP) is 3.42. The molecule has 4 nitrogen and oxygen atoms in total. The van der Waals surface area contributed by atoms with E-state index in [2.05, 4.69) is 0 Å². The molecule has 4 heteroatoms. The number of hydrogen-bond donors (Lipinski definition) is 0. The second-order valence-electron chi connectivity index (χ2n) is 5.85. The van der Waals surface area contributed by atoms with Crippen molar-refractivity contribution >= 4 is 5.78 Å². The van der Waals surface area contributed by atoms with Gasteiger partial charge in [-0.3, -0.25) is 14.9 Å². The molecule has 0 atom stereocenters. The van der Waals surface area contributed by atoms with Crippen LogP contribution in [0.4, 0.5) is 0 Å². The smallest absolute Gasteiger partial charge is 0.227 e. The van der Waals surface area contributed by atoms with E-state index in [9.17, 15) is 14.9 Å². The summed E-state index contributed by atoms with van der Waals surface area (Å²) < 4.78 is 0. The number of nitrogens with zero attached hydrogens (tertiary/aromatic N) is 1. The average Bonchev–Trinajstić information content (AvgIpc) is 2.47. The number of carbonyl (C=O) groups is 1. The minimum Gasteiger partial charge on any atom is -0.289 e. The first-order valence-corrected chi connectivity index (χ1v) is 6.81. The van der Waals surface area contributed by atoms with Gasteiger partial charge in [0.1, 0.15) is 0 Å². The molecular weight excluding hydrogens is 266 g/mol. The molecule has 2 aromatic carbocycles. The van der Waals surface area contributed by atoms with E-state index in [4.69, 9.17) is 0 Å². The fraction of sp³-hybridized carbons (Fsp3) is 0.235. The molecule has 0 fully saturated rings. The second kappa shape index (κ2) is 4.52. The predicted molar refractivity (Wildman–Crippen MR) is 79.2 cm³/mol. The molecule has 0 unspecified atom stereocenters. The lowest BCUT2D eigenvalue weighted by atomic mass is 9.69. The molecule has 106 valence electrons. The number of hydrogen-bond acceptors (Lipinski definition) is 3. The van der Waals surface area contributed by atoms with Crippen LogP contribution in [0.5, 0.6) is 0 Å². The second-order valence-corrected chi connectivity index (χ2v) is 5.85. The highest BCUT2D eigenvalue weighted by Crippen LogP contribution is 2.43. The van der Waals surface area contributed by atoms with Crippen LogP contribution in [0.3, 0.4) is 0 Å². The highest BCUT2D eigenvalue weighted by atomic mass is 16.6. The molecule has 0 aromatic heterocycles. The Labute approximate surface area is 122 Å². The van der Waals surface area contributed by atoms with Crippen LogP contribution in [0.15, 0.2) is 48.5 Å². The Balaban J connectivity index is 2.33. The van der Waals surface area contributed by atoms with E-state index >= 15 is 0 Å². The quantitative estimate of drug-likeness (QED) is 0.626. The highest BCUT2D eigenvalue weighted by Gasteiger charge is 2.47. The van der Waals surface area contributed by atoms with Gasteiger partial charge in [-0.1, -0.05) is 48.5 Å². The van der Waals surface area contributed by atoms with Gasteiger partial charge in [-0.05, 0) is 11.1 Å². The topological polar surface area (TPSA) is 60.2 Å². The third kappa shape index (κ3) is 1.87. The number of carbonyl (C=O) groups excluding carboxylic acids is 1. The van der Waals surface area contributed by atoms with Gasteiger partial charge in [-0.2, -0.15) is 0 Å². The zero-order valence-electron chi connectivity index (χ0n) is 11.9. The minimum absolute atomic E-state index is 0.0587. The Morgan fingerprint density at radius 3 is 1.81 bits per heavy atom. The van der Waals surface area contributed by atoms with Crippen LogP contribution in [0, 0.1) is 10.1 Å². The van der Waals surface area contributed by atoms with E-state index < -0.39 is 11.5 Å². The summed E-state index contributed by atoms with van der Waals surface area (Å²) in [5.41, 5.74) is 1.42. The normalized spacial score (nSPS) is 14.5. The van der Waals surface area contributed by atoms with Crippen molar-refractivity contribution in [3.05, 3.63) is 80.9 Å². The Morgan fingerprint density at radius 2 is 1.38 bits per heavy atom. The summed E-state index contributed by atoms with van der Waals surface area (Å²) in [4.78, 5) is 23.9. The molecule has 2 aromatic rings. The van der Waals surface area contributed by atoms with E-state index in [1.165, 1.54) is 0 Å². The first kappa shape index (κ1) is 13.5. The molecule has 0 spiro atoms. The summed E-state index contributed by atoms with van der Waals surface area (Å²) in [5, 5.41) is 11.5. The lowest BCUT2D eigenvalue weighted by Crippen LogP contribution is -2.41. The minimum atomic E-state index is -1.19. The molecule has 0 bridgehead atoms. The molecule has 0 amide bonds. The van der Waals surface area contributed by atoms with Gasteiger partial charge in [0.15, 0.2) is 5.78 Å². The summed E-state index contributed by atoms with van der Waals surface area (Å²) in [6, 6.07) is 14.4. The Hall–Kier alpha value is -2.49. The van der Waals surface area contributed by atoms with Crippen molar-refractivity contribution in [1.82, 2.24) is 0 Å². The fourth-order valence-corrected chi connectivity index (χ4v) is 3.09. The molecule has 0 aliphatic heterocycles. The van der Waals surface area contributed by atoms with Crippen molar-refractivity contribution in [2.75, 3.05) is 0 Å². The maximum atomic E-state index is 12.6. The molecule has 0 radical (unpaired) electrons. The van der Waals surface area contributed by atoms with Gasteiger partial charge in [-0.15, -0.1) is 0 Å². The lowest BCUT2D eigenvalue weighted by Gasteiger charge is -2.33. The molecule has 0 saturated heterocycles. The molecule has 1 aliphatic rings.